The number of amides is 2. The second-order valence-electron chi connectivity index (χ2n) is 9.88. The number of benzene rings is 1. The van der Waals surface area contributed by atoms with Crippen LogP contribution in [0.15, 0.2) is 30.3 Å². The van der Waals surface area contributed by atoms with Crippen LogP contribution in [0.2, 0.25) is 0 Å². The molecular weight excluding hydrogens is 374 g/mol. The number of hydrogen-bond acceptors (Lipinski definition) is 2. The Morgan fingerprint density at radius 2 is 1.63 bits per heavy atom. The Kier molecular flexibility index (Phi) is 8.32. The Balaban J connectivity index is 1.45. The summed E-state index contributed by atoms with van der Waals surface area (Å²) in [7, 11) is 0. The summed E-state index contributed by atoms with van der Waals surface area (Å²) in [6, 6.07) is 10.4. The van der Waals surface area contributed by atoms with Crippen molar-refractivity contribution in [2.45, 2.75) is 77.9 Å². The molecular formula is C25H40N3O2+. The summed E-state index contributed by atoms with van der Waals surface area (Å²) in [5.74, 6) is 0.922. The molecule has 3 rings (SSSR count). The molecule has 2 fully saturated rings. The number of hydrogen-bond donors (Lipinski definition) is 3. The molecule has 2 amide bonds. The maximum Gasteiger partial charge on any atom is 0.243 e. The molecule has 3 N–H and O–H groups in total. The molecule has 0 spiro atoms. The summed E-state index contributed by atoms with van der Waals surface area (Å²) in [6.07, 6.45) is 6.10. The molecule has 1 aromatic carbocycles. The van der Waals surface area contributed by atoms with Crippen LogP contribution < -0.4 is 15.5 Å². The van der Waals surface area contributed by atoms with Gasteiger partial charge in [-0.2, -0.15) is 0 Å². The molecule has 0 bridgehead atoms. The molecule has 1 atom stereocenters. The minimum atomic E-state index is -0.438. The molecule has 0 unspecified atom stereocenters. The van der Waals surface area contributed by atoms with Crippen molar-refractivity contribution in [3.05, 3.63) is 35.9 Å². The van der Waals surface area contributed by atoms with Gasteiger partial charge in [0.15, 0.2) is 0 Å². The Morgan fingerprint density at radius 1 is 1.00 bits per heavy atom. The van der Waals surface area contributed by atoms with Gasteiger partial charge in [-0.1, -0.05) is 51.1 Å². The van der Waals surface area contributed by atoms with Crippen molar-refractivity contribution in [1.82, 2.24) is 10.6 Å². The zero-order valence-corrected chi connectivity index (χ0v) is 19.0. The van der Waals surface area contributed by atoms with Crippen molar-refractivity contribution in [2.24, 2.45) is 17.8 Å². The molecule has 5 heteroatoms. The smallest absolute Gasteiger partial charge is 0.243 e. The van der Waals surface area contributed by atoms with Crippen LogP contribution in [-0.4, -0.2) is 37.0 Å². The fourth-order valence-electron chi connectivity index (χ4n) is 4.85. The van der Waals surface area contributed by atoms with Gasteiger partial charge in [-0.15, -0.1) is 0 Å². The van der Waals surface area contributed by atoms with Gasteiger partial charge < -0.3 is 15.5 Å². The number of quaternary nitrogens is 1. The van der Waals surface area contributed by atoms with Gasteiger partial charge in [0.2, 0.25) is 11.8 Å². The van der Waals surface area contributed by atoms with Crippen LogP contribution in [0.4, 0.5) is 0 Å². The minimum absolute atomic E-state index is 0.0148. The second-order valence-corrected chi connectivity index (χ2v) is 9.88. The Morgan fingerprint density at radius 3 is 2.23 bits per heavy atom. The molecule has 0 radical (unpaired) electrons. The van der Waals surface area contributed by atoms with Crippen LogP contribution in [-0.2, 0) is 16.1 Å². The lowest BCUT2D eigenvalue weighted by Crippen LogP contribution is -3.12. The van der Waals surface area contributed by atoms with Crippen molar-refractivity contribution in [3.63, 3.8) is 0 Å². The zero-order valence-electron chi connectivity index (χ0n) is 19.0. The minimum Gasteiger partial charge on any atom is -0.351 e. The maximum absolute atomic E-state index is 13.0. The summed E-state index contributed by atoms with van der Waals surface area (Å²) in [4.78, 5) is 27.3. The van der Waals surface area contributed by atoms with Crippen molar-refractivity contribution in [2.75, 3.05) is 13.1 Å². The van der Waals surface area contributed by atoms with E-state index in [-0.39, 0.29) is 29.7 Å². The van der Waals surface area contributed by atoms with Gasteiger partial charge in [-0.3, -0.25) is 9.59 Å². The average Bonchev–Trinajstić information content (AvgIpc) is 2.74. The van der Waals surface area contributed by atoms with E-state index < -0.39 is 6.04 Å². The molecule has 1 aromatic rings. The quantitative estimate of drug-likeness (QED) is 0.641. The summed E-state index contributed by atoms with van der Waals surface area (Å²) in [5, 5.41) is 6.31. The van der Waals surface area contributed by atoms with E-state index in [0.717, 1.165) is 58.2 Å². The van der Waals surface area contributed by atoms with Gasteiger partial charge in [0.05, 0.1) is 13.1 Å². The fraction of sp³-hybridized carbons (Fsp3) is 0.680. The lowest BCUT2D eigenvalue weighted by atomic mass is 9.82. The summed E-state index contributed by atoms with van der Waals surface area (Å²) < 4.78 is 0. The third-order valence-electron chi connectivity index (χ3n) is 6.97. The topological polar surface area (TPSA) is 62.6 Å². The highest BCUT2D eigenvalue weighted by Gasteiger charge is 2.32. The number of rotatable bonds is 7. The van der Waals surface area contributed by atoms with Crippen LogP contribution >= 0.6 is 0 Å². The van der Waals surface area contributed by atoms with Crippen molar-refractivity contribution < 1.29 is 14.5 Å². The largest absolute Gasteiger partial charge is 0.351 e. The third-order valence-corrected chi connectivity index (χ3v) is 6.97. The third kappa shape index (κ3) is 6.56. The van der Waals surface area contributed by atoms with E-state index in [1.54, 1.807) is 4.90 Å². The SMILES string of the molecule is CC1CCC(C(=O)N[C@H](C(=O)NC2CC[NH+](Cc3ccccc3)CC2)C(C)C)CC1. The van der Waals surface area contributed by atoms with Gasteiger partial charge in [0.25, 0.3) is 0 Å². The normalized spacial score (nSPS) is 28.0. The summed E-state index contributed by atoms with van der Waals surface area (Å²) >= 11 is 0. The van der Waals surface area contributed by atoms with Gasteiger partial charge in [0.1, 0.15) is 12.6 Å². The fourth-order valence-corrected chi connectivity index (χ4v) is 4.85. The number of likely N-dealkylation sites (tertiary alicyclic amines) is 1. The van der Waals surface area contributed by atoms with E-state index in [4.69, 9.17) is 0 Å². The van der Waals surface area contributed by atoms with E-state index in [0.29, 0.717) is 5.92 Å². The van der Waals surface area contributed by atoms with Crippen LogP contribution in [0, 0.1) is 17.8 Å². The first kappa shape index (κ1) is 22.8. The molecule has 30 heavy (non-hydrogen) atoms. The van der Waals surface area contributed by atoms with Crippen LogP contribution in [0.25, 0.3) is 0 Å². The molecule has 5 nitrogen and oxygen atoms in total. The van der Waals surface area contributed by atoms with Crippen LogP contribution in [0.1, 0.15) is 64.9 Å². The number of carbonyl (C=O) groups is 2. The molecule has 0 aromatic heterocycles. The number of piperidine rings is 1. The van der Waals surface area contributed by atoms with Crippen molar-refractivity contribution in [3.8, 4) is 0 Å². The van der Waals surface area contributed by atoms with Crippen molar-refractivity contribution in [1.29, 1.82) is 0 Å². The lowest BCUT2D eigenvalue weighted by molar-refractivity contribution is -0.918. The van der Waals surface area contributed by atoms with Gasteiger partial charge in [0, 0.05) is 30.4 Å². The molecule has 1 aliphatic heterocycles. The van der Waals surface area contributed by atoms with Crippen LogP contribution in [0.5, 0.6) is 0 Å². The van der Waals surface area contributed by atoms with E-state index in [1.165, 1.54) is 5.56 Å². The monoisotopic (exact) mass is 414 g/mol. The van der Waals surface area contributed by atoms with Crippen molar-refractivity contribution >= 4 is 11.8 Å². The number of nitrogens with one attached hydrogen (secondary N) is 3. The Labute approximate surface area is 182 Å². The molecule has 1 saturated heterocycles. The Hall–Kier alpha value is -1.88. The molecule has 1 aliphatic carbocycles. The predicted octanol–water partition coefficient (Wildman–Crippen LogP) is 2.32. The lowest BCUT2D eigenvalue weighted by Gasteiger charge is -2.32. The van der Waals surface area contributed by atoms with Gasteiger partial charge in [-0.25, -0.2) is 0 Å². The predicted molar refractivity (Wildman–Crippen MR) is 120 cm³/mol. The molecule has 1 saturated carbocycles. The Bertz CT molecular complexity index is 675. The summed E-state index contributed by atoms with van der Waals surface area (Å²) in [6.45, 7) is 9.47. The average molecular weight is 415 g/mol. The maximum atomic E-state index is 13.0. The zero-order chi connectivity index (χ0) is 21.5. The van der Waals surface area contributed by atoms with E-state index in [2.05, 4.69) is 47.9 Å². The van der Waals surface area contributed by atoms with Gasteiger partial charge in [-0.05, 0) is 37.5 Å². The highest BCUT2D eigenvalue weighted by molar-refractivity contribution is 5.88. The van der Waals surface area contributed by atoms with Gasteiger partial charge >= 0.3 is 0 Å². The first-order valence-corrected chi connectivity index (χ1v) is 11.9. The molecule has 166 valence electrons. The highest BCUT2D eigenvalue weighted by Crippen LogP contribution is 2.28. The number of carbonyl (C=O) groups excluding carboxylic acids is 2. The van der Waals surface area contributed by atoms with E-state index in [9.17, 15) is 9.59 Å². The van der Waals surface area contributed by atoms with E-state index in [1.807, 2.05) is 13.8 Å². The molecule has 1 heterocycles. The molecule has 2 aliphatic rings. The highest BCUT2D eigenvalue weighted by atomic mass is 16.2. The van der Waals surface area contributed by atoms with Crippen LogP contribution in [0.3, 0.4) is 0 Å². The van der Waals surface area contributed by atoms with E-state index >= 15 is 0 Å². The first-order chi connectivity index (χ1) is 14.4. The standard InChI is InChI=1S/C25H39N3O2/c1-18(2)23(27-24(29)21-11-9-19(3)10-12-21)25(30)26-22-13-15-28(16-14-22)17-20-7-5-4-6-8-20/h4-8,18-19,21-23H,9-17H2,1-3H3,(H,26,30)(H,27,29)/p+1/t19?,21?,23-/m0/s1. The second kappa shape index (κ2) is 10.9. The first-order valence-electron chi connectivity index (χ1n) is 11.9. The summed E-state index contributed by atoms with van der Waals surface area (Å²) in [5.41, 5.74) is 1.37.